The standard InChI is InChI=1S/C27H31N3O5S/c1-19(2)17-28-27(32)24-10-5-6-11-25(24)29-26(31)18-30(21-8-7-9-22(16-21)35-4)36(33,34)23-14-12-20(3)13-15-23/h5-16,19H,17-18H2,1-4H3,(H,28,32)(H,29,31). The Labute approximate surface area is 212 Å². The Balaban J connectivity index is 1.92. The maximum atomic E-state index is 13.6. The van der Waals surface area contributed by atoms with Crippen molar-refractivity contribution in [3.8, 4) is 5.75 Å². The van der Waals surface area contributed by atoms with E-state index in [9.17, 15) is 18.0 Å². The molecule has 9 heteroatoms. The molecule has 0 fully saturated rings. The Hall–Kier alpha value is -3.85. The molecule has 0 unspecified atom stereocenters. The summed E-state index contributed by atoms with van der Waals surface area (Å²) in [5.41, 5.74) is 1.77. The van der Waals surface area contributed by atoms with Crippen LogP contribution in [0.5, 0.6) is 5.75 Å². The number of ether oxygens (including phenoxy) is 1. The van der Waals surface area contributed by atoms with E-state index in [1.165, 1.54) is 19.2 Å². The van der Waals surface area contributed by atoms with Gasteiger partial charge in [0.1, 0.15) is 12.3 Å². The summed E-state index contributed by atoms with van der Waals surface area (Å²) in [6, 6.07) is 19.5. The number of para-hydroxylation sites is 1. The van der Waals surface area contributed by atoms with E-state index in [2.05, 4.69) is 10.6 Å². The molecule has 0 saturated heterocycles. The second kappa shape index (κ2) is 11.7. The van der Waals surface area contributed by atoms with E-state index >= 15 is 0 Å². The number of sulfonamides is 1. The van der Waals surface area contributed by atoms with Crippen LogP contribution < -0.4 is 19.7 Å². The van der Waals surface area contributed by atoms with Crippen LogP contribution in [0.4, 0.5) is 11.4 Å². The highest BCUT2D eigenvalue weighted by atomic mass is 32.2. The maximum absolute atomic E-state index is 13.6. The summed E-state index contributed by atoms with van der Waals surface area (Å²) >= 11 is 0. The highest BCUT2D eigenvalue weighted by molar-refractivity contribution is 7.92. The van der Waals surface area contributed by atoms with Crippen molar-refractivity contribution in [2.45, 2.75) is 25.7 Å². The molecule has 0 atom stereocenters. The first-order valence-corrected chi connectivity index (χ1v) is 13.0. The third-order valence-electron chi connectivity index (χ3n) is 5.35. The summed E-state index contributed by atoms with van der Waals surface area (Å²) in [5, 5.41) is 5.53. The number of rotatable bonds is 10. The lowest BCUT2D eigenvalue weighted by molar-refractivity contribution is -0.114. The van der Waals surface area contributed by atoms with Gasteiger partial charge in [-0.15, -0.1) is 0 Å². The minimum atomic E-state index is -4.09. The fourth-order valence-corrected chi connectivity index (χ4v) is 4.83. The number of nitrogens with one attached hydrogen (secondary N) is 2. The largest absolute Gasteiger partial charge is 0.497 e. The van der Waals surface area contributed by atoms with Crippen LogP contribution >= 0.6 is 0 Å². The van der Waals surface area contributed by atoms with Gasteiger partial charge < -0.3 is 15.4 Å². The van der Waals surface area contributed by atoms with E-state index < -0.39 is 22.5 Å². The van der Waals surface area contributed by atoms with Gasteiger partial charge in [-0.05, 0) is 49.2 Å². The molecule has 0 aromatic heterocycles. The van der Waals surface area contributed by atoms with Crippen LogP contribution in [-0.4, -0.2) is 40.4 Å². The van der Waals surface area contributed by atoms with E-state index in [0.717, 1.165) is 9.87 Å². The summed E-state index contributed by atoms with van der Waals surface area (Å²) in [6.07, 6.45) is 0. The van der Waals surface area contributed by atoms with Crippen molar-refractivity contribution < 1.29 is 22.7 Å². The number of benzene rings is 3. The zero-order chi connectivity index (χ0) is 26.3. The summed E-state index contributed by atoms with van der Waals surface area (Å²) in [6.45, 7) is 5.80. The van der Waals surface area contributed by atoms with E-state index in [-0.39, 0.29) is 22.4 Å². The van der Waals surface area contributed by atoms with Gasteiger partial charge in [0.25, 0.3) is 15.9 Å². The lowest BCUT2D eigenvalue weighted by Crippen LogP contribution is -2.38. The zero-order valence-electron chi connectivity index (χ0n) is 20.8. The molecule has 8 nitrogen and oxygen atoms in total. The van der Waals surface area contributed by atoms with Crippen LogP contribution in [-0.2, 0) is 14.8 Å². The third-order valence-corrected chi connectivity index (χ3v) is 7.14. The first-order valence-electron chi connectivity index (χ1n) is 11.5. The first kappa shape index (κ1) is 26.7. The second-order valence-electron chi connectivity index (χ2n) is 8.72. The van der Waals surface area contributed by atoms with Gasteiger partial charge in [0.15, 0.2) is 0 Å². The summed E-state index contributed by atoms with van der Waals surface area (Å²) in [7, 11) is -2.61. The average molecular weight is 510 g/mol. The van der Waals surface area contributed by atoms with Crippen molar-refractivity contribution in [3.63, 3.8) is 0 Å². The molecule has 0 aliphatic carbocycles. The van der Waals surface area contributed by atoms with Gasteiger partial charge in [-0.1, -0.05) is 49.7 Å². The Morgan fingerprint density at radius 1 is 0.972 bits per heavy atom. The van der Waals surface area contributed by atoms with Crippen LogP contribution in [0.25, 0.3) is 0 Å². The molecule has 0 bridgehead atoms. The maximum Gasteiger partial charge on any atom is 0.264 e. The van der Waals surface area contributed by atoms with Crippen LogP contribution in [0.15, 0.2) is 77.7 Å². The van der Waals surface area contributed by atoms with Crippen molar-refractivity contribution in [2.24, 2.45) is 5.92 Å². The Kier molecular flexibility index (Phi) is 8.71. The molecule has 0 aliphatic heterocycles. The Morgan fingerprint density at radius 2 is 1.67 bits per heavy atom. The third kappa shape index (κ3) is 6.63. The van der Waals surface area contributed by atoms with Gasteiger partial charge in [0.2, 0.25) is 5.91 Å². The average Bonchev–Trinajstić information content (AvgIpc) is 2.86. The number of anilines is 2. The predicted molar refractivity (Wildman–Crippen MR) is 141 cm³/mol. The number of aryl methyl sites for hydroxylation is 1. The summed E-state index contributed by atoms with van der Waals surface area (Å²) in [5.74, 6) is -0.211. The molecule has 2 N–H and O–H groups in total. The van der Waals surface area contributed by atoms with Crippen molar-refractivity contribution >= 4 is 33.2 Å². The number of carbonyl (C=O) groups is 2. The lowest BCUT2D eigenvalue weighted by Gasteiger charge is -2.25. The normalized spacial score (nSPS) is 11.1. The van der Waals surface area contributed by atoms with Gasteiger partial charge in [-0.25, -0.2) is 8.42 Å². The number of nitrogens with zero attached hydrogens (tertiary/aromatic N) is 1. The minimum absolute atomic E-state index is 0.0529. The minimum Gasteiger partial charge on any atom is -0.497 e. The fourth-order valence-electron chi connectivity index (χ4n) is 3.42. The van der Waals surface area contributed by atoms with Crippen molar-refractivity contribution in [1.82, 2.24) is 5.32 Å². The van der Waals surface area contributed by atoms with E-state index in [1.54, 1.807) is 60.7 Å². The van der Waals surface area contributed by atoms with Gasteiger partial charge in [-0.2, -0.15) is 0 Å². The van der Waals surface area contributed by atoms with Crippen LogP contribution in [0.1, 0.15) is 29.8 Å². The van der Waals surface area contributed by atoms with E-state index in [4.69, 9.17) is 4.74 Å². The van der Waals surface area contributed by atoms with Gasteiger partial charge in [-0.3, -0.25) is 13.9 Å². The Bertz CT molecular complexity index is 1320. The molecule has 190 valence electrons. The molecule has 0 radical (unpaired) electrons. The smallest absolute Gasteiger partial charge is 0.264 e. The molecular weight excluding hydrogens is 478 g/mol. The van der Waals surface area contributed by atoms with E-state index in [0.29, 0.717) is 23.5 Å². The quantitative estimate of drug-likeness (QED) is 0.426. The van der Waals surface area contributed by atoms with Crippen LogP contribution in [0.2, 0.25) is 0 Å². The molecule has 0 heterocycles. The zero-order valence-corrected chi connectivity index (χ0v) is 21.6. The van der Waals surface area contributed by atoms with Crippen LogP contribution in [0.3, 0.4) is 0 Å². The molecule has 0 saturated carbocycles. The highest BCUT2D eigenvalue weighted by Gasteiger charge is 2.28. The molecule has 3 aromatic rings. The second-order valence-corrected chi connectivity index (χ2v) is 10.6. The topological polar surface area (TPSA) is 105 Å². The van der Waals surface area contributed by atoms with Gasteiger partial charge in [0, 0.05) is 12.6 Å². The number of hydrogen-bond acceptors (Lipinski definition) is 5. The lowest BCUT2D eigenvalue weighted by atomic mass is 10.1. The predicted octanol–water partition coefficient (Wildman–Crippen LogP) is 4.22. The van der Waals surface area contributed by atoms with Crippen molar-refractivity contribution in [2.75, 3.05) is 29.8 Å². The molecule has 0 spiro atoms. The Morgan fingerprint density at radius 3 is 2.33 bits per heavy atom. The van der Waals surface area contributed by atoms with Crippen molar-refractivity contribution in [3.05, 3.63) is 83.9 Å². The number of amides is 2. The van der Waals surface area contributed by atoms with E-state index in [1.807, 2.05) is 20.8 Å². The molecular formula is C27H31N3O5S. The molecule has 2 amide bonds. The SMILES string of the molecule is COc1cccc(N(CC(=O)Nc2ccccc2C(=O)NCC(C)C)S(=O)(=O)c2ccc(C)cc2)c1. The number of methoxy groups -OCH3 is 1. The van der Waals surface area contributed by atoms with Crippen molar-refractivity contribution in [1.29, 1.82) is 0 Å². The molecule has 36 heavy (non-hydrogen) atoms. The molecule has 3 rings (SSSR count). The highest BCUT2D eigenvalue weighted by Crippen LogP contribution is 2.27. The van der Waals surface area contributed by atoms with Crippen LogP contribution in [0, 0.1) is 12.8 Å². The first-order chi connectivity index (χ1) is 17.1. The summed E-state index contributed by atoms with van der Waals surface area (Å²) < 4.78 is 33.5. The molecule has 3 aromatic carbocycles. The summed E-state index contributed by atoms with van der Waals surface area (Å²) in [4.78, 5) is 25.9. The number of hydrogen-bond donors (Lipinski definition) is 2. The number of carbonyl (C=O) groups excluding carboxylic acids is 2. The van der Waals surface area contributed by atoms with Gasteiger partial charge in [0.05, 0.1) is 28.9 Å². The fraction of sp³-hybridized carbons (Fsp3) is 0.259. The monoisotopic (exact) mass is 509 g/mol. The van der Waals surface area contributed by atoms with Gasteiger partial charge >= 0.3 is 0 Å². The molecule has 0 aliphatic rings.